The Bertz CT molecular complexity index is 327. The first-order valence-electron chi connectivity index (χ1n) is 5.59. The summed E-state index contributed by atoms with van der Waals surface area (Å²) in [6.07, 6.45) is 7.88. The van der Waals surface area contributed by atoms with E-state index in [2.05, 4.69) is 10.3 Å². The molecular weight excluding hydrogens is 191 g/mol. The molecule has 0 saturated heterocycles. The second-order valence-corrected chi connectivity index (χ2v) is 4.22. The van der Waals surface area contributed by atoms with Crippen molar-refractivity contribution in [2.75, 3.05) is 7.05 Å². The number of nitrogens with zero attached hydrogens (tertiary/aromatic N) is 1. The van der Waals surface area contributed by atoms with E-state index >= 15 is 0 Å². The van der Waals surface area contributed by atoms with Crippen molar-refractivity contribution >= 4 is 0 Å². The SMILES string of the molecule is CNC1CCCCC1c1cncc(F)c1. The number of nitrogens with one attached hydrogen (secondary N) is 1. The fraction of sp³-hybridized carbons (Fsp3) is 0.583. The first-order valence-corrected chi connectivity index (χ1v) is 5.59. The molecule has 2 rings (SSSR count). The highest BCUT2D eigenvalue weighted by molar-refractivity contribution is 5.18. The Morgan fingerprint density at radius 2 is 2.13 bits per heavy atom. The number of aromatic nitrogens is 1. The number of halogens is 1. The molecule has 3 heteroatoms. The van der Waals surface area contributed by atoms with Crippen LogP contribution in [0.3, 0.4) is 0 Å². The molecule has 0 spiro atoms. The van der Waals surface area contributed by atoms with Gasteiger partial charge in [-0.3, -0.25) is 4.98 Å². The summed E-state index contributed by atoms with van der Waals surface area (Å²) >= 11 is 0. The highest BCUT2D eigenvalue weighted by Gasteiger charge is 2.25. The van der Waals surface area contributed by atoms with Crippen molar-refractivity contribution in [1.82, 2.24) is 10.3 Å². The topological polar surface area (TPSA) is 24.9 Å². The van der Waals surface area contributed by atoms with Gasteiger partial charge in [0.05, 0.1) is 6.20 Å². The summed E-state index contributed by atoms with van der Waals surface area (Å²) in [6, 6.07) is 2.09. The second kappa shape index (κ2) is 4.71. The summed E-state index contributed by atoms with van der Waals surface area (Å²) in [5, 5.41) is 3.32. The lowest BCUT2D eigenvalue weighted by molar-refractivity contribution is 0.343. The normalized spacial score (nSPS) is 26.5. The number of hydrogen-bond donors (Lipinski definition) is 1. The Morgan fingerprint density at radius 1 is 1.33 bits per heavy atom. The fourth-order valence-corrected chi connectivity index (χ4v) is 2.51. The molecule has 82 valence electrons. The first kappa shape index (κ1) is 10.6. The number of pyridine rings is 1. The predicted octanol–water partition coefficient (Wildman–Crippen LogP) is 2.47. The van der Waals surface area contributed by atoms with Crippen LogP contribution in [0.2, 0.25) is 0 Å². The predicted molar refractivity (Wildman–Crippen MR) is 58.3 cm³/mol. The van der Waals surface area contributed by atoms with E-state index in [1.165, 1.54) is 25.5 Å². The summed E-state index contributed by atoms with van der Waals surface area (Å²) in [5.74, 6) is 0.194. The van der Waals surface area contributed by atoms with E-state index in [0.29, 0.717) is 12.0 Å². The smallest absolute Gasteiger partial charge is 0.141 e. The average Bonchev–Trinajstić information content (AvgIpc) is 2.29. The molecule has 1 aliphatic rings. The van der Waals surface area contributed by atoms with Crippen LogP contribution in [0.15, 0.2) is 18.5 Å². The van der Waals surface area contributed by atoms with Gasteiger partial charge in [-0.25, -0.2) is 4.39 Å². The highest BCUT2D eigenvalue weighted by atomic mass is 19.1. The summed E-state index contributed by atoms with van der Waals surface area (Å²) in [4.78, 5) is 3.93. The van der Waals surface area contributed by atoms with E-state index in [9.17, 15) is 4.39 Å². The lowest BCUT2D eigenvalue weighted by Crippen LogP contribution is -2.34. The third-order valence-corrected chi connectivity index (χ3v) is 3.29. The minimum atomic E-state index is -0.229. The monoisotopic (exact) mass is 208 g/mol. The van der Waals surface area contributed by atoms with Gasteiger partial charge in [0, 0.05) is 18.2 Å². The second-order valence-electron chi connectivity index (χ2n) is 4.22. The van der Waals surface area contributed by atoms with Crippen molar-refractivity contribution in [3.63, 3.8) is 0 Å². The van der Waals surface area contributed by atoms with Crippen molar-refractivity contribution in [1.29, 1.82) is 0 Å². The van der Waals surface area contributed by atoms with Gasteiger partial charge in [0.2, 0.25) is 0 Å². The molecule has 0 bridgehead atoms. The van der Waals surface area contributed by atoms with Gasteiger partial charge in [0.15, 0.2) is 0 Å². The molecule has 1 saturated carbocycles. The summed E-state index contributed by atoms with van der Waals surface area (Å²) < 4.78 is 13.1. The molecule has 0 aromatic carbocycles. The molecule has 0 radical (unpaired) electrons. The van der Waals surface area contributed by atoms with Crippen molar-refractivity contribution in [3.05, 3.63) is 29.8 Å². The third-order valence-electron chi connectivity index (χ3n) is 3.29. The Labute approximate surface area is 89.9 Å². The lowest BCUT2D eigenvalue weighted by Gasteiger charge is -2.31. The van der Waals surface area contributed by atoms with Gasteiger partial charge in [-0.15, -0.1) is 0 Å². The molecule has 1 aromatic rings. The molecular formula is C12H17FN2. The Balaban J connectivity index is 2.20. The van der Waals surface area contributed by atoms with E-state index in [1.54, 1.807) is 12.3 Å². The van der Waals surface area contributed by atoms with Crippen LogP contribution in [0.25, 0.3) is 0 Å². The maximum atomic E-state index is 13.1. The van der Waals surface area contributed by atoms with Gasteiger partial charge in [0.25, 0.3) is 0 Å². The maximum absolute atomic E-state index is 13.1. The van der Waals surface area contributed by atoms with E-state index in [4.69, 9.17) is 0 Å². The van der Waals surface area contributed by atoms with E-state index in [-0.39, 0.29) is 5.82 Å². The molecule has 1 fully saturated rings. The van der Waals surface area contributed by atoms with Crippen molar-refractivity contribution in [2.24, 2.45) is 0 Å². The van der Waals surface area contributed by atoms with Crippen LogP contribution >= 0.6 is 0 Å². The molecule has 1 aromatic heterocycles. The Hall–Kier alpha value is -0.960. The van der Waals surface area contributed by atoms with Crippen LogP contribution in [-0.2, 0) is 0 Å². The van der Waals surface area contributed by atoms with E-state index < -0.39 is 0 Å². The molecule has 1 heterocycles. The van der Waals surface area contributed by atoms with Gasteiger partial charge in [0.1, 0.15) is 5.82 Å². The van der Waals surface area contributed by atoms with Crippen LogP contribution in [0.1, 0.15) is 37.2 Å². The van der Waals surface area contributed by atoms with Crippen LogP contribution < -0.4 is 5.32 Å². The molecule has 2 nitrogen and oxygen atoms in total. The van der Waals surface area contributed by atoms with E-state index in [0.717, 1.165) is 12.0 Å². The van der Waals surface area contributed by atoms with E-state index in [1.807, 2.05) is 7.05 Å². The zero-order valence-corrected chi connectivity index (χ0v) is 9.04. The average molecular weight is 208 g/mol. The largest absolute Gasteiger partial charge is 0.316 e. The molecule has 15 heavy (non-hydrogen) atoms. The molecule has 0 amide bonds. The van der Waals surface area contributed by atoms with Crippen molar-refractivity contribution in [3.8, 4) is 0 Å². The number of rotatable bonds is 2. The lowest BCUT2D eigenvalue weighted by atomic mass is 9.80. The summed E-state index contributed by atoms with van der Waals surface area (Å²) in [6.45, 7) is 0. The molecule has 1 aliphatic carbocycles. The third kappa shape index (κ3) is 2.34. The van der Waals surface area contributed by atoms with Crippen LogP contribution in [0, 0.1) is 5.82 Å². The summed E-state index contributed by atoms with van der Waals surface area (Å²) in [7, 11) is 1.98. The quantitative estimate of drug-likeness (QED) is 0.807. The molecule has 1 N–H and O–H groups in total. The maximum Gasteiger partial charge on any atom is 0.141 e. The summed E-state index contributed by atoms with van der Waals surface area (Å²) in [5.41, 5.74) is 1.04. The van der Waals surface area contributed by atoms with Gasteiger partial charge in [-0.05, 0) is 31.5 Å². The van der Waals surface area contributed by atoms with Gasteiger partial charge in [-0.1, -0.05) is 12.8 Å². The Morgan fingerprint density at radius 3 is 2.87 bits per heavy atom. The van der Waals surface area contributed by atoms with Crippen LogP contribution in [0.5, 0.6) is 0 Å². The fourth-order valence-electron chi connectivity index (χ4n) is 2.51. The molecule has 0 aliphatic heterocycles. The molecule has 2 atom stereocenters. The Kier molecular flexibility index (Phi) is 3.31. The zero-order valence-electron chi connectivity index (χ0n) is 9.04. The minimum absolute atomic E-state index is 0.229. The standard InChI is InChI=1S/C12H17FN2/c1-14-12-5-3-2-4-11(12)9-6-10(13)8-15-7-9/h6-8,11-12,14H,2-5H2,1H3. The van der Waals surface area contributed by atoms with Gasteiger partial charge >= 0.3 is 0 Å². The first-order chi connectivity index (χ1) is 7.31. The van der Waals surface area contributed by atoms with Crippen LogP contribution in [-0.4, -0.2) is 18.1 Å². The highest BCUT2D eigenvalue weighted by Crippen LogP contribution is 2.32. The minimum Gasteiger partial charge on any atom is -0.316 e. The number of likely N-dealkylation sites (N-methyl/N-ethyl adjacent to an activating group) is 1. The van der Waals surface area contributed by atoms with Gasteiger partial charge < -0.3 is 5.32 Å². The zero-order chi connectivity index (χ0) is 10.7. The van der Waals surface area contributed by atoms with Crippen LogP contribution in [0.4, 0.5) is 4.39 Å². The van der Waals surface area contributed by atoms with Crippen molar-refractivity contribution in [2.45, 2.75) is 37.6 Å². The number of hydrogen-bond acceptors (Lipinski definition) is 2. The van der Waals surface area contributed by atoms with Crippen molar-refractivity contribution < 1.29 is 4.39 Å². The van der Waals surface area contributed by atoms with Gasteiger partial charge in [-0.2, -0.15) is 0 Å². The molecule has 2 unspecified atom stereocenters.